The van der Waals surface area contributed by atoms with Crippen LogP contribution in [-0.2, 0) is 16.0 Å². The number of rotatable bonds is 5. The van der Waals surface area contributed by atoms with Gasteiger partial charge in [-0.2, -0.15) is 0 Å². The van der Waals surface area contributed by atoms with Crippen LogP contribution in [0.2, 0.25) is 0 Å². The highest BCUT2D eigenvalue weighted by Gasteiger charge is 2.23. The van der Waals surface area contributed by atoms with Gasteiger partial charge in [0, 0.05) is 28.8 Å². The molecule has 1 aliphatic heterocycles. The van der Waals surface area contributed by atoms with Gasteiger partial charge in [-0.25, -0.2) is 0 Å². The standard InChI is InChI=1S/C14H18INO2/c1-2-8-18-9-7-16-13-5-4-12(15)10-11(13)3-6-14(16)17/h4-5,10H,2-3,6-9H2,1H3. The number of halogens is 1. The first-order valence-corrected chi connectivity index (χ1v) is 7.46. The molecule has 98 valence electrons. The van der Waals surface area contributed by atoms with Crippen LogP contribution in [0.15, 0.2) is 18.2 Å². The summed E-state index contributed by atoms with van der Waals surface area (Å²) in [5.41, 5.74) is 2.34. The SMILES string of the molecule is CCCOCCN1C(=O)CCc2cc(I)ccc21. The summed E-state index contributed by atoms with van der Waals surface area (Å²) in [6, 6.07) is 6.27. The van der Waals surface area contributed by atoms with E-state index in [2.05, 4.69) is 41.6 Å². The summed E-state index contributed by atoms with van der Waals surface area (Å²) in [7, 11) is 0. The van der Waals surface area contributed by atoms with Crippen LogP contribution in [0.3, 0.4) is 0 Å². The highest BCUT2D eigenvalue weighted by Crippen LogP contribution is 2.28. The molecule has 0 spiro atoms. The number of hydrogen-bond donors (Lipinski definition) is 0. The molecule has 0 fully saturated rings. The summed E-state index contributed by atoms with van der Waals surface area (Å²) in [5.74, 6) is 0.212. The molecule has 18 heavy (non-hydrogen) atoms. The van der Waals surface area contributed by atoms with Gasteiger partial charge in [0.15, 0.2) is 0 Å². The lowest BCUT2D eigenvalue weighted by atomic mass is 10.0. The van der Waals surface area contributed by atoms with Crippen LogP contribution in [0.4, 0.5) is 5.69 Å². The third-order valence-corrected chi connectivity index (χ3v) is 3.72. The van der Waals surface area contributed by atoms with Gasteiger partial charge in [0.25, 0.3) is 0 Å². The van der Waals surface area contributed by atoms with Gasteiger partial charge >= 0.3 is 0 Å². The molecule has 1 heterocycles. The molecule has 1 aliphatic rings. The summed E-state index contributed by atoms with van der Waals surface area (Å²) >= 11 is 2.31. The minimum atomic E-state index is 0.212. The van der Waals surface area contributed by atoms with Crippen LogP contribution in [0.1, 0.15) is 25.3 Å². The molecule has 2 rings (SSSR count). The van der Waals surface area contributed by atoms with E-state index in [0.717, 1.165) is 25.1 Å². The van der Waals surface area contributed by atoms with Crippen molar-refractivity contribution in [2.24, 2.45) is 0 Å². The number of aryl methyl sites for hydroxylation is 1. The maximum Gasteiger partial charge on any atom is 0.227 e. The molecule has 0 aromatic heterocycles. The Morgan fingerprint density at radius 1 is 1.33 bits per heavy atom. The normalized spacial score (nSPS) is 14.8. The zero-order valence-corrected chi connectivity index (χ0v) is 12.8. The molecular formula is C14H18INO2. The Bertz CT molecular complexity index is 434. The lowest BCUT2D eigenvalue weighted by Crippen LogP contribution is -2.37. The van der Waals surface area contributed by atoms with Gasteiger partial charge in [-0.15, -0.1) is 0 Å². The predicted octanol–water partition coefficient (Wildman–Crippen LogP) is 3.00. The fourth-order valence-corrected chi connectivity index (χ4v) is 2.73. The van der Waals surface area contributed by atoms with Crippen molar-refractivity contribution in [3.05, 3.63) is 27.3 Å². The van der Waals surface area contributed by atoms with E-state index in [1.54, 1.807) is 0 Å². The third kappa shape index (κ3) is 3.23. The molecule has 0 saturated heterocycles. The van der Waals surface area contributed by atoms with E-state index in [-0.39, 0.29) is 5.91 Å². The fourth-order valence-electron chi connectivity index (χ4n) is 2.18. The maximum absolute atomic E-state index is 12.0. The smallest absolute Gasteiger partial charge is 0.227 e. The van der Waals surface area contributed by atoms with Crippen LogP contribution in [0.5, 0.6) is 0 Å². The number of anilines is 1. The second-order valence-corrected chi connectivity index (χ2v) is 5.68. The fraction of sp³-hybridized carbons (Fsp3) is 0.500. The first kappa shape index (κ1) is 13.8. The monoisotopic (exact) mass is 359 g/mol. The van der Waals surface area contributed by atoms with Crippen molar-refractivity contribution >= 4 is 34.2 Å². The van der Waals surface area contributed by atoms with Crippen molar-refractivity contribution in [3.63, 3.8) is 0 Å². The molecule has 4 heteroatoms. The van der Waals surface area contributed by atoms with E-state index in [4.69, 9.17) is 4.74 Å². The second kappa shape index (κ2) is 6.52. The zero-order chi connectivity index (χ0) is 13.0. The van der Waals surface area contributed by atoms with E-state index in [0.29, 0.717) is 19.6 Å². The Labute approximate surface area is 122 Å². The van der Waals surface area contributed by atoms with Gasteiger partial charge in [-0.05, 0) is 59.2 Å². The molecule has 0 atom stereocenters. The average Bonchev–Trinajstić information content (AvgIpc) is 2.37. The Morgan fingerprint density at radius 3 is 2.94 bits per heavy atom. The molecule has 3 nitrogen and oxygen atoms in total. The molecule has 1 amide bonds. The van der Waals surface area contributed by atoms with Crippen molar-refractivity contribution in [2.45, 2.75) is 26.2 Å². The lowest BCUT2D eigenvalue weighted by Gasteiger charge is -2.29. The molecular weight excluding hydrogens is 341 g/mol. The maximum atomic E-state index is 12.0. The van der Waals surface area contributed by atoms with Gasteiger partial charge < -0.3 is 9.64 Å². The molecule has 1 aromatic carbocycles. The first-order chi connectivity index (χ1) is 8.72. The van der Waals surface area contributed by atoms with Crippen molar-refractivity contribution < 1.29 is 9.53 Å². The lowest BCUT2D eigenvalue weighted by molar-refractivity contribution is -0.119. The topological polar surface area (TPSA) is 29.5 Å². The molecule has 0 aliphatic carbocycles. The van der Waals surface area contributed by atoms with E-state index < -0.39 is 0 Å². The first-order valence-electron chi connectivity index (χ1n) is 6.39. The van der Waals surface area contributed by atoms with Gasteiger partial charge in [0.05, 0.1) is 6.61 Å². The van der Waals surface area contributed by atoms with E-state index >= 15 is 0 Å². The molecule has 1 aromatic rings. The summed E-state index contributed by atoms with van der Waals surface area (Å²) in [5, 5.41) is 0. The molecule has 0 bridgehead atoms. The van der Waals surface area contributed by atoms with Crippen molar-refractivity contribution in [2.75, 3.05) is 24.7 Å². The largest absolute Gasteiger partial charge is 0.380 e. The molecule has 0 N–H and O–H groups in total. The number of carbonyl (C=O) groups is 1. The molecule has 0 saturated carbocycles. The summed E-state index contributed by atoms with van der Waals surface area (Å²) in [4.78, 5) is 13.8. The van der Waals surface area contributed by atoms with Gasteiger partial charge in [-0.1, -0.05) is 6.92 Å². The Balaban J connectivity index is 2.08. The number of carbonyl (C=O) groups excluding carboxylic acids is 1. The average molecular weight is 359 g/mol. The minimum absolute atomic E-state index is 0.212. The highest BCUT2D eigenvalue weighted by molar-refractivity contribution is 14.1. The Morgan fingerprint density at radius 2 is 2.17 bits per heavy atom. The van der Waals surface area contributed by atoms with Gasteiger partial charge in [0.1, 0.15) is 0 Å². The van der Waals surface area contributed by atoms with E-state index in [1.165, 1.54) is 9.13 Å². The van der Waals surface area contributed by atoms with Gasteiger partial charge in [-0.3, -0.25) is 4.79 Å². The minimum Gasteiger partial charge on any atom is -0.380 e. The van der Waals surface area contributed by atoms with Crippen LogP contribution in [-0.4, -0.2) is 25.7 Å². The van der Waals surface area contributed by atoms with Crippen LogP contribution >= 0.6 is 22.6 Å². The summed E-state index contributed by atoms with van der Waals surface area (Å²) < 4.78 is 6.70. The van der Waals surface area contributed by atoms with Crippen molar-refractivity contribution in [3.8, 4) is 0 Å². The zero-order valence-electron chi connectivity index (χ0n) is 10.6. The molecule has 0 radical (unpaired) electrons. The molecule has 0 unspecified atom stereocenters. The van der Waals surface area contributed by atoms with Crippen molar-refractivity contribution in [1.82, 2.24) is 0 Å². The Kier molecular flexibility index (Phi) is 5.00. The van der Waals surface area contributed by atoms with Crippen molar-refractivity contribution in [1.29, 1.82) is 0 Å². The van der Waals surface area contributed by atoms with Gasteiger partial charge in [0.2, 0.25) is 5.91 Å². The van der Waals surface area contributed by atoms with E-state index in [9.17, 15) is 4.79 Å². The quantitative estimate of drug-likeness (QED) is 0.598. The number of amides is 1. The number of benzene rings is 1. The summed E-state index contributed by atoms with van der Waals surface area (Å²) in [6.45, 7) is 4.13. The van der Waals surface area contributed by atoms with Crippen LogP contribution in [0, 0.1) is 3.57 Å². The summed E-state index contributed by atoms with van der Waals surface area (Å²) in [6.07, 6.45) is 2.49. The van der Waals surface area contributed by atoms with Crippen LogP contribution < -0.4 is 4.90 Å². The second-order valence-electron chi connectivity index (χ2n) is 4.43. The number of ether oxygens (including phenoxy) is 1. The predicted molar refractivity (Wildman–Crippen MR) is 80.9 cm³/mol. The number of nitrogens with zero attached hydrogens (tertiary/aromatic N) is 1. The number of hydrogen-bond acceptors (Lipinski definition) is 2. The van der Waals surface area contributed by atoms with Crippen LogP contribution in [0.25, 0.3) is 0 Å². The third-order valence-electron chi connectivity index (χ3n) is 3.05. The highest BCUT2D eigenvalue weighted by atomic mass is 127. The van der Waals surface area contributed by atoms with E-state index in [1.807, 2.05) is 11.0 Å². The Hall–Kier alpha value is -0.620. The number of fused-ring (bicyclic) bond motifs is 1.